The number of benzene rings is 2. The van der Waals surface area contributed by atoms with Crippen molar-refractivity contribution < 1.29 is 33.4 Å². The zero-order valence-corrected chi connectivity index (χ0v) is 26.4. The second kappa shape index (κ2) is 15.9. The Morgan fingerprint density at radius 3 is 2.27 bits per heavy atom. The first kappa shape index (κ1) is 34.1. The van der Waals surface area contributed by atoms with Crippen LogP contribution in [0.2, 0.25) is 0 Å². The minimum absolute atomic E-state index is 0.0578. The average molecular weight is 609 g/mol. The monoisotopic (exact) mass is 608 g/mol. The highest BCUT2D eigenvalue weighted by molar-refractivity contribution is 6.00. The van der Waals surface area contributed by atoms with Gasteiger partial charge in [-0.25, -0.2) is 4.79 Å². The van der Waals surface area contributed by atoms with Crippen LogP contribution in [0.3, 0.4) is 0 Å². The molecule has 0 aliphatic carbocycles. The molecule has 0 saturated carbocycles. The molecule has 4 amide bonds. The van der Waals surface area contributed by atoms with Gasteiger partial charge in [-0.05, 0) is 42.9 Å². The summed E-state index contributed by atoms with van der Waals surface area (Å²) in [5, 5.41) is 2.85. The van der Waals surface area contributed by atoms with Crippen molar-refractivity contribution in [1.29, 1.82) is 0 Å². The molecule has 11 nitrogen and oxygen atoms in total. The molecule has 2 aromatic carbocycles. The quantitative estimate of drug-likeness (QED) is 0.347. The topological polar surface area (TPSA) is 126 Å². The van der Waals surface area contributed by atoms with E-state index in [9.17, 15) is 24.0 Å². The number of para-hydroxylation sites is 1. The Balaban J connectivity index is 1.81. The highest BCUT2D eigenvalue weighted by atomic mass is 16.6. The van der Waals surface area contributed by atoms with Gasteiger partial charge in [0.15, 0.2) is 6.61 Å². The van der Waals surface area contributed by atoms with Gasteiger partial charge in [0.1, 0.15) is 23.9 Å². The third kappa shape index (κ3) is 8.81. The molecule has 1 aliphatic rings. The number of carbonyl (C=O) groups excluding carboxylic acids is 5. The summed E-state index contributed by atoms with van der Waals surface area (Å²) in [5.74, 6) is -1.78. The van der Waals surface area contributed by atoms with Gasteiger partial charge in [0.25, 0.3) is 5.91 Å². The van der Waals surface area contributed by atoms with Crippen LogP contribution in [-0.4, -0.2) is 104 Å². The standard InChI is InChI=1S/C33H44N4O7/c1-22(2)19-25(34-30(39)24-15-10-11-17-28(24)44-21-29(38)43-6)31(40)37-18-12-16-26(37)33(42)36(5)27(32(41)35(3)4)20-23-13-8-7-9-14-23/h7-11,13-15,17,22,25-27H,12,16,18-21H2,1-6H3,(H,34,39)/t25-,26-,27+/m1/s1. The Morgan fingerprint density at radius 2 is 1.64 bits per heavy atom. The molecular formula is C33H44N4O7. The lowest BCUT2D eigenvalue weighted by molar-refractivity contribution is -0.149. The summed E-state index contributed by atoms with van der Waals surface area (Å²) in [4.78, 5) is 70.6. The van der Waals surface area contributed by atoms with Crippen LogP contribution < -0.4 is 10.1 Å². The molecule has 1 fully saturated rings. The minimum Gasteiger partial charge on any atom is -0.481 e. The van der Waals surface area contributed by atoms with Crippen molar-refractivity contribution in [2.45, 2.75) is 57.7 Å². The summed E-state index contributed by atoms with van der Waals surface area (Å²) in [6, 6.07) is 13.5. The molecule has 2 aromatic rings. The van der Waals surface area contributed by atoms with E-state index < -0.39 is 30.0 Å². The van der Waals surface area contributed by atoms with Gasteiger partial charge in [-0.1, -0.05) is 56.3 Å². The summed E-state index contributed by atoms with van der Waals surface area (Å²) in [6.07, 6.45) is 1.76. The number of amides is 4. The summed E-state index contributed by atoms with van der Waals surface area (Å²) < 4.78 is 10.1. The average Bonchev–Trinajstić information content (AvgIpc) is 3.51. The SMILES string of the molecule is COC(=O)COc1ccccc1C(=O)N[C@H](CC(C)C)C(=O)N1CCC[C@@H]1C(=O)N(C)[C@@H](Cc1ccccc1)C(=O)N(C)C. The first-order valence-electron chi connectivity index (χ1n) is 14.9. The first-order valence-corrected chi connectivity index (χ1v) is 14.9. The fourth-order valence-electron chi connectivity index (χ4n) is 5.31. The summed E-state index contributed by atoms with van der Waals surface area (Å²) >= 11 is 0. The third-order valence-electron chi connectivity index (χ3n) is 7.65. The lowest BCUT2D eigenvalue weighted by atomic mass is 10.0. The number of likely N-dealkylation sites (tertiary alicyclic amines) is 1. The number of methoxy groups -OCH3 is 1. The highest BCUT2D eigenvalue weighted by Crippen LogP contribution is 2.24. The second-order valence-corrected chi connectivity index (χ2v) is 11.6. The van der Waals surface area contributed by atoms with E-state index in [1.807, 2.05) is 44.2 Å². The lowest BCUT2D eigenvalue weighted by Crippen LogP contribution is -2.57. The van der Waals surface area contributed by atoms with Gasteiger partial charge in [-0.2, -0.15) is 0 Å². The predicted octanol–water partition coefficient (Wildman–Crippen LogP) is 2.53. The Bertz CT molecular complexity index is 1310. The van der Waals surface area contributed by atoms with Crippen LogP contribution in [-0.2, 0) is 30.3 Å². The Labute approximate surface area is 259 Å². The van der Waals surface area contributed by atoms with Gasteiger partial charge < -0.3 is 29.5 Å². The van der Waals surface area contributed by atoms with Crippen molar-refractivity contribution in [1.82, 2.24) is 20.0 Å². The fraction of sp³-hybridized carbons (Fsp3) is 0.485. The maximum atomic E-state index is 14.0. The lowest BCUT2D eigenvalue weighted by Gasteiger charge is -2.35. The number of hydrogen-bond acceptors (Lipinski definition) is 7. The molecule has 44 heavy (non-hydrogen) atoms. The number of esters is 1. The fourth-order valence-corrected chi connectivity index (χ4v) is 5.31. The van der Waals surface area contributed by atoms with Gasteiger partial charge in [-0.3, -0.25) is 19.2 Å². The van der Waals surface area contributed by atoms with Crippen molar-refractivity contribution >= 4 is 29.6 Å². The number of rotatable bonds is 13. The molecule has 0 radical (unpaired) electrons. The maximum Gasteiger partial charge on any atom is 0.343 e. The molecule has 1 saturated heterocycles. The molecule has 1 heterocycles. The van der Waals surface area contributed by atoms with Crippen LogP contribution in [0.5, 0.6) is 5.75 Å². The number of carbonyl (C=O) groups is 5. The molecule has 0 aromatic heterocycles. The molecular weight excluding hydrogens is 564 g/mol. The Hall–Kier alpha value is -4.41. The molecule has 3 atom stereocenters. The zero-order valence-electron chi connectivity index (χ0n) is 26.4. The Morgan fingerprint density at radius 1 is 0.977 bits per heavy atom. The molecule has 0 spiro atoms. The van der Waals surface area contributed by atoms with Gasteiger partial charge in [-0.15, -0.1) is 0 Å². The van der Waals surface area contributed by atoms with Crippen LogP contribution in [0.4, 0.5) is 0 Å². The summed E-state index contributed by atoms with van der Waals surface area (Å²) in [5.41, 5.74) is 1.08. The second-order valence-electron chi connectivity index (χ2n) is 11.6. The molecule has 1 N–H and O–H groups in total. The van der Waals surface area contributed by atoms with E-state index in [4.69, 9.17) is 4.74 Å². The normalized spacial score (nSPS) is 15.7. The highest BCUT2D eigenvalue weighted by Gasteiger charge is 2.41. The smallest absolute Gasteiger partial charge is 0.343 e. The first-order chi connectivity index (χ1) is 20.9. The largest absolute Gasteiger partial charge is 0.481 e. The molecule has 238 valence electrons. The van der Waals surface area contributed by atoms with E-state index in [1.165, 1.54) is 21.8 Å². The van der Waals surface area contributed by atoms with E-state index in [2.05, 4.69) is 10.1 Å². The van der Waals surface area contributed by atoms with Crippen LogP contribution in [0, 0.1) is 5.92 Å². The van der Waals surface area contributed by atoms with E-state index in [-0.39, 0.29) is 41.6 Å². The number of nitrogens with zero attached hydrogens (tertiary/aromatic N) is 3. The number of hydrogen-bond donors (Lipinski definition) is 1. The van der Waals surface area contributed by atoms with Crippen molar-refractivity contribution in [2.24, 2.45) is 5.92 Å². The van der Waals surface area contributed by atoms with Gasteiger partial charge in [0.2, 0.25) is 17.7 Å². The molecule has 1 aliphatic heterocycles. The molecule has 0 unspecified atom stereocenters. The van der Waals surface area contributed by atoms with Crippen molar-refractivity contribution in [2.75, 3.05) is 41.4 Å². The summed E-state index contributed by atoms with van der Waals surface area (Å²) in [6.45, 7) is 3.88. The maximum absolute atomic E-state index is 14.0. The van der Waals surface area contributed by atoms with Crippen LogP contribution in [0.25, 0.3) is 0 Å². The van der Waals surface area contributed by atoms with Gasteiger partial charge in [0, 0.05) is 34.1 Å². The molecule has 3 rings (SSSR count). The van der Waals surface area contributed by atoms with Crippen molar-refractivity contribution in [3.8, 4) is 5.75 Å². The number of ether oxygens (including phenoxy) is 2. The van der Waals surface area contributed by atoms with Gasteiger partial charge in [0.05, 0.1) is 12.7 Å². The van der Waals surface area contributed by atoms with Crippen molar-refractivity contribution in [3.05, 3.63) is 65.7 Å². The van der Waals surface area contributed by atoms with E-state index in [0.717, 1.165) is 5.56 Å². The van der Waals surface area contributed by atoms with E-state index in [0.29, 0.717) is 32.2 Å². The molecule has 11 heteroatoms. The summed E-state index contributed by atoms with van der Waals surface area (Å²) in [7, 11) is 6.16. The van der Waals surface area contributed by atoms with Gasteiger partial charge >= 0.3 is 5.97 Å². The van der Waals surface area contributed by atoms with Crippen LogP contribution in [0.1, 0.15) is 49.0 Å². The van der Waals surface area contributed by atoms with Crippen LogP contribution >= 0.6 is 0 Å². The molecule has 0 bridgehead atoms. The van der Waals surface area contributed by atoms with E-state index in [1.54, 1.807) is 45.4 Å². The Kier molecular flexibility index (Phi) is 12.3. The third-order valence-corrected chi connectivity index (χ3v) is 7.65. The predicted molar refractivity (Wildman–Crippen MR) is 165 cm³/mol. The zero-order chi connectivity index (χ0) is 32.4. The minimum atomic E-state index is -0.904. The van der Waals surface area contributed by atoms with Crippen molar-refractivity contribution in [3.63, 3.8) is 0 Å². The van der Waals surface area contributed by atoms with Crippen LogP contribution in [0.15, 0.2) is 54.6 Å². The number of likely N-dealkylation sites (N-methyl/N-ethyl adjacent to an activating group) is 2. The number of nitrogens with one attached hydrogen (secondary N) is 1. The van der Waals surface area contributed by atoms with E-state index >= 15 is 0 Å².